The van der Waals surface area contributed by atoms with Crippen LogP contribution in [0.15, 0.2) is 0 Å². The molecule has 5 aliphatic heterocycles. The Morgan fingerprint density at radius 2 is 1.86 bits per heavy atom. The Balaban J connectivity index is 1.58. The maximum atomic E-state index is 6.40. The van der Waals surface area contributed by atoms with Crippen molar-refractivity contribution in [2.24, 2.45) is 11.7 Å². The molecule has 0 aromatic rings. The Kier molecular flexibility index (Phi) is 3.77. The van der Waals surface area contributed by atoms with Gasteiger partial charge in [-0.3, -0.25) is 9.80 Å². The summed E-state index contributed by atoms with van der Waals surface area (Å²) in [6, 6.07) is 1.47. The van der Waals surface area contributed by atoms with Gasteiger partial charge in [-0.1, -0.05) is 6.42 Å². The molecule has 0 radical (unpaired) electrons. The number of nitrogens with two attached hydrogens (primary N) is 1. The van der Waals surface area contributed by atoms with Crippen LogP contribution >= 0.6 is 0 Å². The maximum Gasteiger partial charge on any atom is 0.0491 e. The lowest BCUT2D eigenvalue weighted by Crippen LogP contribution is -2.75. The van der Waals surface area contributed by atoms with E-state index in [2.05, 4.69) is 21.6 Å². The van der Waals surface area contributed by atoms with Gasteiger partial charge in [-0.2, -0.15) is 0 Å². The molecule has 0 aromatic heterocycles. The molecule has 120 valence electrons. The summed E-state index contributed by atoms with van der Waals surface area (Å²) in [6.07, 6.45) is 6.97. The molecule has 5 aliphatic rings. The minimum absolute atomic E-state index is 0.277. The Labute approximate surface area is 129 Å². The molecule has 3 unspecified atom stereocenters. The van der Waals surface area contributed by atoms with Crippen molar-refractivity contribution in [3.63, 3.8) is 0 Å². The zero-order chi connectivity index (χ0) is 14.4. The van der Waals surface area contributed by atoms with Crippen molar-refractivity contribution in [3.05, 3.63) is 0 Å². The molecule has 21 heavy (non-hydrogen) atoms. The topological polar surface area (TPSA) is 35.7 Å². The van der Waals surface area contributed by atoms with E-state index in [-0.39, 0.29) is 5.54 Å². The van der Waals surface area contributed by atoms with Gasteiger partial charge in [-0.05, 0) is 58.2 Å². The molecule has 0 aliphatic carbocycles. The van der Waals surface area contributed by atoms with E-state index < -0.39 is 0 Å². The SMILES string of the molecule is CC1CN2CCCCC2CN1C1(CN)CN2CCC1CC2. The van der Waals surface area contributed by atoms with Gasteiger partial charge in [0.1, 0.15) is 0 Å². The smallest absolute Gasteiger partial charge is 0.0491 e. The largest absolute Gasteiger partial charge is 0.329 e. The molecule has 5 saturated heterocycles. The molecule has 4 heteroatoms. The maximum absolute atomic E-state index is 6.40. The molecule has 0 spiro atoms. The zero-order valence-electron chi connectivity index (χ0n) is 13.6. The van der Waals surface area contributed by atoms with Gasteiger partial charge in [-0.15, -0.1) is 0 Å². The summed E-state index contributed by atoms with van der Waals surface area (Å²) in [5.74, 6) is 0.838. The van der Waals surface area contributed by atoms with E-state index >= 15 is 0 Å². The van der Waals surface area contributed by atoms with Gasteiger partial charge in [0.2, 0.25) is 0 Å². The van der Waals surface area contributed by atoms with E-state index in [9.17, 15) is 0 Å². The average Bonchev–Trinajstić information content (AvgIpc) is 2.55. The molecule has 2 N–H and O–H groups in total. The van der Waals surface area contributed by atoms with Crippen LogP contribution in [-0.2, 0) is 0 Å². The van der Waals surface area contributed by atoms with Crippen LogP contribution in [0.3, 0.4) is 0 Å². The second kappa shape index (κ2) is 5.48. The van der Waals surface area contributed by atoms with Crippen LogP contribution in [0, 0.1) is 5.92 Å². The number of piperidine rings is 4. The Hall–Kier alpha value is -0.160. The van der Waals surface area contributed by atoms with Gasteiger partial charge in [0.25, 0.3) is 0 Å². The van der Waals surface area contributed by atoms with Gasteiger partial charge in [0, 0.05) is 43.8 Å². The Bertz CT molecular complexity index is 379. The average molecular weight is 292 g/mol. The third-order valence-electron chi connectivity index (χ3n) is 6.96. The fourth-order valence-corrected chi connectivity index (χ4v) is 5.79. The molecule has 5 heterocycles. The van der Waals surface area contributed by atoms with Gasteiger partial charge in [-0.25, -0.2) is 0 Å². The second-order valence-corrected chi connectivity index (χ2v) is 8.00. The quantitative estimate of drug-likeness (QED) is 0.823. The monoisotopic (exact) mass is 292 g/mol. The van der Waals surface area contributed by atoms with Crippen LogP contribution in [0.5, 0.6) is 0 Å². The fraction of sp³-hybridized carbons (Fsp3) is 1.00. The lowest BCUT2D eigenvalue weighted by Gasteiger charge is -2.62. The minimum Gasteiger partial charge on any atom is -0.329 e. The first-order valence-electron chi connectivity index (χ1n) is 9.16. The molecular weight excluding hydrogens is 260 g/mol. The normalized spacial score (nSPS) is 48.3. The first kappa shape index (κ1) is 14.4. The van der Waals surface area contributed by atoms with Crippen LogP contribution in [0.4, 0.5) is 0 Å². The van der Waals surface area contributed by atoms with Gasteiger partial charge in [0.05, 0.1) is 0 Å². The van der Waals surface area contributed by atoms with Crippen molar-refractivity contribution in [2.75, 3.05) is 45.8 Å². The van der Waals surface area contributed by atoms with Crippen molar-refractivity contribution in [2.45, 2.75) is 56.7 Å². The predicted molar refractivity (Wildman–Crippen MR) is 86.3 cm³/mol. The van der Waals surface area contributed by atoms with Gasteiger partial charge < -0.3 is 10.6 Å². The summed E-state index contributed by atoms with van der Waals surface area (Å²) in [5.41, 5.74) is 6.68. The molecular formula is C17H32N4. The van der Waals surface area contributed by atoms with Crippen molar-refractivity contribution >= 4 is 0 Å². The predicted octanol–water partition coefficient (Wildman–Crippen LogP) is 0.968. The van der Waals surface area contributed by atoms with E-state index in [0.29, 0.717) is 6.04 Å². The van der Waals surface area contributed by atoms with Crippen molar-refractivity contribution in [1.82, 2.24) is 14.7 Å². The molecule has 5 fully saturated rings. The summed E-state index contributed by atoms with van der Waals surface area (Å²) < 4.78 is 0. The summed E-state index contributed by atoms with van der Waals surface area (Å²) in [4.78, 5) is 8.29. The number of rotatable bonds is 2. The van der Waals surface area contributed by atoms with E-state index in [0.717, 1.165) is 18.5 Å². The van der Waals surface area contributed by atoms with E-state index in [1.54, 1.807) is 0 Å². The second-order valence-electron chi connectivity index (χ2n) is 8.00. The summed E-state index contributed by atoms with van der Waals surface area (Å²) in [6.45, 7) is 11.0. The molecule has 0 saturated carbocycles. The highest BCUT2D eigenvalue weighted by molar-refractivity contribution is 5.09. The highest BCUT2D eigenvalue weighted by atomic mass is 15.4. The standard InChI is InChI=1S/C17H32N4/c1-14-10-20-7-3-2-4-16(20)11-21(14)17(12-18)13-19-8-5-15(17)6-9-19/h14-16H,2-13,18H2,1H3. The van der Waals surface area contributed by atoms with Gasteiger partial charge in [0.15, 0.2) is 0 Å². The summed E-state index contributed by atoms with van der Waals surface area (Å²) in [5, 5.41) is 0. The summed E-state index contributed by atoms with van der Waals surface area (Å²) >= 11 is 0. The third kappa shape index (κ3) is 2.26. The number of fused-ring (bicyclic) bond motifs is 4. The first-order valence-corrected chi connectivity index (χ1v) is 9.16. The Morgan fingerprint density at radius 1 is 1.05 bits per heavy atom. The minimum atomic E-state index is 0.277. The third-order valence-corrected chi connectivity index (χ3v) is 6.96. The molecule has 0 aromatic carbocycles. The molecule has 5 rings (SSSR count). The molecule has 3 atom stereocenters. The van der Waals surface area contributed by atoms with Crippen LogP contribution < -0.4 is 5.73 Å². The highest BCUT2D eigenvalue weighted by Gasteiger charge is 2.52. The van der Waals surface area contributed by atoms with Crippen molar-refractivity contribution in [1.29, 1.82) is 0 Å². The lowest BCUT2D eigenvalue weighted by molar-refractivity contribution is -0.118. The zero-order valence-corrected chi connectivity index (χ0v) is 13.6. The van der Waals surface area contributed by atoms with Crippen LogP contribution in [0.25, 0.3) is 0 Å². The lowest BCUT2D eigenvalue weighted by atomic mass is 9.70. The van der Waals surface area contributed by atoms with E-state index in [1.807, 2.05) is 0 Å². The van der Waals surface area contributed by atoms with Crippen molar-refractivity contribution in [3.8, 4) is 0 Å². The number of nitrogens with zero attached hydrogens (tertiary/aromatic N) is 3. The van der Waals surface area contributed by atoms with Crippen LogP contribution in [-0.4, -0.2) is 78.1 Å². The number of hydrogen-bond acceptors (Lipinski definition) is 4. The van der Waals surface area contributed by atoms with E-state index in [1.165, 1.54) is 71.4 Å². The molecule has 4 nitrogen and oxygen atoms in total. The van der Waals surface area contributed by atoms with E-state index in [4.69, 9.17) is 5.73 Å². The molecule has 0 amide bonds. The molecule has 2 bridgehead atoms. The number of hydrogen-bond donors (Lipinski definition) is 1. The van der Waals surface area contributed by atoms with Crippen molar-refractivity contribution < 1.29 is 0 Å². The number of piperazine rings is 1. The highest BCUT2D eigenvalue weighted by Crippen LogP contribution is 2.42. The van der Waals surface area contributed by atoms with Gasteiger partial charge >= 0.3 is 0 Å². The summed E-state index contributed by atoms with van der Waals surface area (Å²) in [7, 11) is 0. The Morgan fingerprint density at radius 3 is 2.52 bits per heavy atom. The first-order chi connectivity index (χ1) is 10.2. The van der Waals surface area contributed by atoms with Crippen LogP contribution in [0.1, 0.15) is 39.0 Å². The fourth-order valence-electron chi connectivity index (χ4n) is 5.79. The van der Waals surface area contributed by atoms with Crippen LogP contribution in [0.2, 0.25) is 0 Å².